The Labute approximate surface area is 172 Å². The molecule has 1 aliphatic rings. The molecule has 3 aromatic rings. The van der Waals surface area contributed by atoms with E-state index in [0.717, 1.165) is 24.0 Å². The number of carbonyl (C=O) groups is 1. The van der Waals surface area contributed by atoms with E-state index < -0.39 is 0 Å². The van der Waals surface area contributed by atoms with Crippen LogP contribution < -0.4 is 5.32 Å². The normalized spacial score (nSPS) is 16.4. The van der Waals surface area contributed by atoms with Gasteiger partial charge in [0, 0.05) is 17.1 Å². The molecule has 2 heterocycles. The summed E-state index contributed by atoms with van der Waals surface area (Å²) < 4.78 is 5.48. The molecular formula is C20H18Cl2N4O2. The average molecular weight is 417 g/mol. The lowest BCUT2D eigenvalue weighted by molar-refractivity contribution is 0.193. The monoisotopic (exact) mass is 416 g/mol. The molecule has 0 aliphatic carbocycles. The maximum absolute atomic E-state index is 12.8. The predicted octanol–water partition coefficient (Wildman–Crippen LogP) is 5.72. The van der Waals surface area contributed by atoms with E-state index >= 15 is 0 Å². The number of nitrogens with one attached hydrogen (secondary N) is 1. The van der Waals surface area contributed by atoms with Crippen molar-refractivity contribution in [1.29, 1.82) is 0 Å². The summed E-state index contributed by atoms with van der Waals surface area (Å²) in [5.41, 5.74) is 2.54. The largest absolute Gasteiger partial charge is 0.337 e. The highest BCUT2D eigenvalue weighted by Crippen LogP contribution is 2.33. The van der Waals surface area contributed by atoms with Gasteiger partial charge in [-0.25, -0.2) is 4.79 Å². The van der Waals surface area contributed by atoms with Gasteiger partial charge < -0.3 is 14.7 Å². The topological polar surface area (TPSA) is 71.3 Å². The van der Waals surface area contributed by atoms with Crippen LogP contribution in [0.4, 0.5) is 10.5 Å². The van der Waals surface area contributed by atoms with E-state index in [0.29, 0.717) is 34.0 Å². The lowest BCUT2D eigenvalue weighted by Gasteiger charge is -2.22. The Hall–Kier alpha value is -2.57. The second-order valence-electron chi connectivity index (χ2n) is 6.73. The molecule has 0 bridgehead atoms. The molecule has 144 valence electrons. The summed E-state index contributed by atoms with van der Waals surface area (Å²) in [5.74, 6) is 0.952. The summed E-state index contributed by atoms with van der Waals surface area (Å²) in [6, 6.07) is 12.3. The van der Waals surface area contributed by atoms with E-state index in [1.54, 1.807) is 23.1 Å². The number of benzene rings is 2. The van der Waals surface area contributed by atoms with Gasteiger partial charge in [-0.3, -0.25) is 0 Å². The lowest BCUT2D eigenvalue weighted by Crippen LogP contribution is -2.34. The van der Waals surface area contributed by atoms with E-state index in [2.05, 4.69) is 15.5 Å². The van der Waals surface area contributed by atoms with Crippen molar-refractivity contribution in [3.8, 4) is 11.4 Å². The van der Waals surface area contributed by atoms with Gasteiger partial charge in [-0.2, -0.15) is 4.98 Å². The Bertz CT molecular complexity index is 1000. The zero-order valence-electron chi connectivity index (χ0n) is 15.2. The van der Waals surface area contributed by atoms with Gasteiger partial charge in [-0.1, -0.05) is 58.2 Å². The van der Waals surface area contributed by atoms with Gasteiger partial charge in [0.15, 0.2) is 0 Å². The number of hydrogen-bond donors (Lipinski definition) is 1. The molecule has 2 aromatic carbocycles. The van der Waals surface area contributed by atoms with E-state index in [1.165, 1.54) is 0 Å². The summed E-state index contributed by atoms with van der Waals surface area (Å²) in [5, 5.41) is 7.81. The molecule has 1 aromatic heterocycles. The first kappa shape index (κ1) is 18.8. The maximum atomic E-state index is 12.8. The molecule has 0 spiro atoms. The molecule has 28 heavy (non-hydrogen) atoms. The molecule has 0 radical (unpaired) electrons. The fourth-order valence-corrected chi connectivity index (χ4v) is 3.69. The van der Waals surface area contributed by atoms with E-state index in [4.69, 9.17) is 27.7 Å². The fourth-order valence-electron chi connectivity index (χ4n) is 3.23. The highest BCUT2D eigenvalue weighted by Gasteiger charge is 2.34. The van der Waals surface area contributed by atoms with Crippen molar-refractivity contribution >= 4 is 34.9 Å². The summed E-state index contributed by atoms with van der Waals surface area (Å²) in [6.07, 6.45) is 1.62. The van der Waals surface area contributed by atoms with Crippen molar-refractivity contribution in [2.24, 2.45) is 0 Å². The number of hydrogen-bond acceptors (Lipinski definition) is 4. The van der Waals surface area contributed by atoms with Crippen LogP contribution in [0.15, 0.2) is 47.0 Å². The number of urea groups is 1. The van der Waals surface area contributed by atoms with Crippen LogP contribution in [-0.2, 0) is 0 Å². The first-order valence-electron chi connectivity index (χ1n) is 8.94. The van der Waals surface area contributed by atoms with E-state index in [-0.39, 0.29) is 12.1 Å². The van der Waals surface area contributed by atoms with Crippen LogP contribution in [0.1, 0.15) is 30.3 Å². The van der Waals surface area contributed by atoms with Gasteiger partial charge in [-0.15, -0.1) is 0 Å². The van der Waals surface area contributed by atoms with Gasteiger partial charge in [0.05, 0.1) is 10.7 Å². The molecule has 1 N–H and O–H groups in total. The second kappa shape index (κ2) is 7.81. The number of amides is 2. The van der Waals surface area contributed by atoms with Gasteiger partial charge >= 0.3 is 6.03 Å². The first-order chi connectivity index (χ1) is 13.5. The van der Waals surface area contributed by atoms with Crippen LogP contribution in [0.5, 0.6) is 0 Å². The van der Waals surface area contributed by atoms with Gasteiger partial charge in [0.25, 0.3) is 0 Å². The number of anilines is 1. The standard InChI is InChI=1S/C20H18Cl2N4O2/c1-12-4-6-13(7-5-12)18-24-19(28-25-18)17-3-2-10-26(17)20(27)23-16-9-8-14(21)11-15(16)22/h4-9,11,17H,2-3,10H2,1H3,(H,23,27). The second-order valence-corrected chi connectivity index (χ2v) is 7.57. The smallest absolute Gasteiger partial charge is 0.322 e. The van der Waals surface area contributed by atoms with Crippen LogP contribution in [0, 0.1) is 6.92 Å². The zero-order chi connectivity index (χ0) is 19.7. The molecule has 8 heteroatoms. The van der Waals surface area contributed by atoms with Gasteiger partial charge in [0.1, 0.15) is 6.04 Å². The third-order valence-corrected chi connectivity index (χ3v) is 5.27. The van der Waals surface area contributed by atoms with Crippen molar-refractivity contribution in [1.82, 2.24) is 15.0 Å². The third-order valence-electron chi connectivity index (χ3n) is 4.72. The lowest BCUT2D eigenvalue weighted by atomic mass is 10.1. The van der Waals surface area contributed by atoms with Crippen LogP contribution >= 0.6 is 23.2 Å². The Morgan fingerprint density at radius 1 is 1.21 bits per heavy atom. The molecule has 6 nitrogen and oxygen atoms in total. The van der Waals surface area contributed by atoms with Gasteiger partial charge in [-0.05, 0) is 38.0 Å². The molecule has 4 rings (SSSR count). The average Bonchev–Trinajstić information content (AvgIpc) is 3.33. The molecule has 1 saturated heterocycles. The number of aromatic nitrogens is 2. The summed E-state index contributed by atoms with van der Waals surface area (Å²) >= 11 is 12.1. The number of rotatable bonds is 3. The summed E-state index contributed by atoms with van der Waals surface area (Å²) in [6.45, 7) is 2.62. The van der Waals surface area contributed by atoms with Crippen molar-refractivity contribution in [3.05, 3.63) is 64.0 Å². The minimum atomic E-state index is -0.266. The van der Waals surface area contributed by atoms with Crippen molar-refractivity contribution in [2.45, 2.75) is 25.8 Å². The van der Waals surface area contributed by atoms with Crippen LogP contribution in [0.3, 0.4) is 0 Å². The Morgan fingerprint density at radius 2 is 2.00 bits per heavy atom. The molecule has 1 aliphatic heterocycles. The van der Waals surface area contributed by atoms with Crippen molar-refractivity contribution in [3.63, 3.8) is 0 Å². The number of carbonyl (C=O) groups excluding carboxylic acids is 1. The minimum absolute atomic E-state index is 0.262. The number of aryl methyl sites for hydroxylation is 1. The highest BCUT2D eigenvalue weighted by molar-refractivity contribution is 6.36. The summed E-state index contributed by atoms with van der Waals surface area (Å²) in [7, 11) is 0. The van der Waals surface area contributed by atoms with Crippen LogP contribution in [-0.4, -0.2) is 27.6 Å². The third kappa shape index (κ3) is 3.84. The SMILES string of the molecule is Cc1ccc(-c2noc(C3CCCN3C(=O)Nc3ccc(Cl)cc3Cl)n2)cc1. The first-order valence-corrected chi connectivity index (χ1v) is 9.70. The van der Waals surface area contributed by atoms with Crippen LogP contribution in [0.25, 0.3) is 11.4 Å². The fraction of sp³-hybridized carbons (Fsp3) is 0.250. The minimum Gasteiger partial charge on any atom is -0.337 e. The molecular weight excluding hydrogens is 399 g/mol. The Morgan fingerprint density at radius 3 is 2.75 bits per heavy atom. The number of halogens is 2. The number of likely N-dealkylation sites (tertiary alicyclic amines) is 1. The zero-order valence-corrected chi connectivity index (χ0v) is 16.7. The van der Waals surface area contributed by atoms with E-state index in [9.17, 15) is 4.79 Å². The molecule has 1 atom stereocenters. The van der Waals surface area contributed by atoms with Crippen LogP contribution in [0.2, 0.25) is 10.0 Å². The predicted molar refractivity (Wildman–Crippen MR) is 109 cm³/mol. The molecule has 2 amide bonds. The van der Waals surface area contributed by atoms with Crippen molar-refractivity contribution in [2.75, 3.05) is 11.9 Å². The quantitative estimate of drug-likeness (QED) is 0.592. The summed E-state index contributed by atoms with van der Waals surface area (Å²) in [4.78, 5) is 19.0. The molecule has 1 fully saturated rings. The molecule has 1 unspecified atom stereocenters. The molecule has 0 saturated carbocycles. The maximum Gasteiger partial charge on any atom is 0.322 e. The highest BCUT2D eigenvalue weighted by atomic mass is 35.5. The van der Waals surface area contributed by atoms with Crippen molar-refractivity contribution < 1.29 is 9.32 Å². The Kier molecular flexibility index (Phi) is 5.24. The van der Waals surface area contributed by atoms with E-state index in [1.807, 2.05) is 31.2 Å². The number of nitrogens with zero attached hydrogens (tertiary/aromatic N) is 3. The Balaban J connectivity index is 1.52. The van der Waals surface area contributed by atoms with Gasteiger partial charge in [0.2, 0.25) is 11.7 Å².